The van der Waals surface area contributed by atoms with Gasteiger partial charge in [0.1, 0.15) is 0 Å². The van der Waals surface area contributed by atoms with Crippen molar-refractivity contribution in [2.24, 2.45) is 0 Å². The van der Waals surface area contributed by atoms with E-state index in [1.54, 1.807) is 5.56 Å². The zero-order valence-corrected chi connectivity index (χ0v) is 13.1. The molecule has 0 heterocycles. The summed E-state index contributed by atoms with van der Waals surface area (Å²) in [6.07, 6.45) is 9.07. The molecule has 2 aromatic carbocycles. The van der Waals surface area contributed by atoms with Crippen molar-refractivity contribution in [3.05, 3.63) is 65.2 Å². The van der Waals surface area contributed by atoms with E-state index in [1.807, 2.05) is 0 Å². The second kappa shape index (κ2) is 5.06. The number of hydrogen-bond donors (Lipinski definition) is 1. The standard InChI is InChI=1S/C20H20S/c21-17-10-8-15(9-11-17)19-14-16-6-2-3-7-18(16)20(19)12-4-1-5-13-20/h2-3,6-11,14,21H,1,4-5,12-13H2. The molecule has 0 unspecified atom stereocenters. The zero-order valence-electron chi connectivity index (χ0n) is 12.2. The summed E-state index contributed by atoms with van der Waals surface area (Å²) in [5.74, 6) is 0. The molecule has 0 aromatic heterocycles. The molecule has 1 heteroatoms. The van der Waals surface area contributed by atoms with Gasteiger partial charge in [0, 0.05) is 10.3 Å². The van der Waals surface area contributed by atoms with Crippen LogP contribution in [-0.4, -0.2) is 0 Å². The van der Waals surface area contributed by atoms with Crippen molar-refractivity contribution in [3.8, 4) is 0 Å². The monoisotopic (exact) mass is 292 g/mol. The SMILES string of the molecule is Sc1ccc(C2=Cc3ccccc3C23CCCCC3)cc1. The number of fused-ring (bicyclic) bond motifs is 2. The van der Waals surface area contributed by atoms with Crippen molar-refractivity contribution in [2.45, 2.75) is 42.4 Å². The minimum atomic E-state index is 0.257. The third-order valence-corrected chi connectivity index (χ3v) is 5.48. The average Bonchev–Trinajstić information content (AvgIpc) is 2.84. The Labute approximate surface area is 132 Å². The van der Waals surface area contributed by atoms with Crippen LogP contribution in [0.2, 0.25) is 0 Å². The van der Waals surface area contributed by atoms with E-state index in [-0.39, 0.29) is 5.41 Å². The molecule has 0 radical (unpaired) electrons. The number of hydrogen-bond acceptors (Lipinski definition) is 1. The van der Waals surface area contributed by atoms with E-state index in [1.165, 1.54) is 48.8 Å². The number of thiol groups is 1. The Morgan fingerprint density at radius 2 is 1.52 bits per heavy atom. The van der Waals surface area contributed by atoms with Crippen LogP contribution in [0.3, 0.4) is 0 Å². The Morgan fingerprint density at radius 3 is 2.29 bits per heavy atom. The lowest BCUT2D eigenvalue weighted by Crippen LogP contribution is -2.28. The highest BCUT2D eigenvalue weighted by Crippen LogP contribution is 2.54. The molecule has 0 nitrogen and oxygen atoms in total. The summed E-state index contributed by atoms with van der Waals surface area (Å²) in [6, 6.07) is 17.7. The van der Waals surface area contributed by atoms with Gasteiger partial charge in [0.05, 0.1) is 0 Å². The predicted octanol–water partition coefficient (Wildman–Crippen LogP) is 5.73. The lowest BCUT2D eigenvalue weighted by atomic mass is 9.66. The van der Waals surface area contributed by atoms with Crippen molar-refractivity contribution < 1.29 is 0 Å². The molecule has 2 aromatic rings. The molecule has 0 bridgehead atoms. The minimum absolute atomic E-state index is 0.257. The summed E-state index contributed by atoms with van der Waals surface area (Å²) < 4.78 is 0. The van der Waals surface area contributed by atoms with Crippen molar-refractivity contribution in [1.29, 1.82) is 0 Å². The molecule has 1 spiro atoms. The first-order chi connectivity index (χ1) is 10.3. The van der Waals surface area contributed by atoms with Gasteiger partial charge in [-0.1, -0.05) is 55.7 Å². The van der Waals surface area contributed by atoms with Crippen molar-refractivity contribution in [2.75, 3.05) is 0 Å². The highest BCUT2D eigenvalue weighted by atomic mass is 32.1. The zero-order chi connectivity index (χ0) is 14.3. The lowest BCUT2D eigenvalue weighted by molar-refractivity contribution is 0.372. The van der Waals surface area contributed by atoms with Gasteiger partial charge in [0.15, 0.2) is 0 Å². The molecule has 4 rings (SSSR count). The van der Waals surface area contributed by atoms with Crippen LogP contribution < -0.4 is 0 Å². The van der Waals surface area contributed by atoms with Crippen molar-refractivity contribution in [3.63, 3.8) is 0 Å². The normalized spacial score (nSPS) is 19.4. The second-order valence-corrected chi connectivity index (χ2v) is 6.85. The maximum absolute atomic E-state index is 4.42. The van der Waals surface area contributed by atoms with E-state index >= 15 is 0 Å². The van der Waals surface area contributed by atoms with Gasteiger partial charge in [-0.15, -0.1) is 12.6 Å². The van der Waals surface area contributed by atoms with Gasteiger partial charge < -0.3 is 0 Å². The summed E-state index contributed by atoms with van der Waals surface area (Å²) in [4.78, 5) is 1.03. The molecule has 2 aliphatic rings. The summed E-state index contributed by atoms with van der Waals surface area (Å²) >= 11 is 4.42. The average molecular weight is 292 g/mol. The first kappa shape index (κ1) is 13.2. The van der Waals surface area contributed by atoms with Gasteiger partial charge in [0.2, 0.25) is 0 Å². The first-order valence-corrected chi connectivity index (χ1v) is 8.35. The summed E-state index contributed by atoms with van der Waals surface area (Å²) in [5, 5.41) is 0. The second-order valence-electron chi connectivity index (χ2n) is 6.33. The largest absolute Gasteiger partial charge is 0.143 e. The number of allylic oxidation sites excluding steroid dienone is 1. The third kappa shape index (κ3) is 2.06. The number of benzene rings is 2. The molecular formula is C20H20S. The third-order valence-electron chi connectivity index (χ3n) is 5.18. The quantitative estimate of drug-likeness (QED) is 0.637. The predicted molar refractivity (Wildman–Crippen MR) is 92.8 cm³/mol. The van der Waals surface area contributed by atoms with Gasteiger partial charge in [-0.3, -0.25) is 0 Å². The fourth-order valence-electron chi connectivity index (χ4n) is 4.19. The molecule has 1 saturated carbocycles. The van der Waals surface area contributed by atoms with E-state index in [9.17, 15) is 0 Å². The van der Waals surface area contributed by atoms with E-state index in [2.05, 4.69) is 67.2 Å². The molecular weight excluding hydrogens is 272 g/mol. The summed E-state index contributed by atoms with van der Waals surface area (Å²) in [5.41, 5.74) is 6.12. The van der Waals surface area contributed by atoms with Crippen LogP contribution in [0, 0.1) is 0 Å². The Balaban J connectivity index is 1.87. The molecule has 0 saturated heterocycles. The molecule has 106 valence electrons. The van der Waals surface area contributed by atoms with Crippen LogP contribution >= 0.6 is 12.6 Å². The van der Waals surface area contributed by atoms with Gasteiger partial charge in [-0.2, -0.15) is 0 Å². The molecule has 0 amide bonds. The van der Waals surface area contributed by atoms with Crippen LogP contribution in [0.15, 0.2) is 53.4 Å². The Hall–Kier alpha value is -1.47. The van der Waals surface area contributed by atoms with Crippen LogP contribution in [0.4, 0.5) is 0 Å². The maximum atomic E-state index is 4.42. The molecule has 0 aliphatic heterocycles. The van der Waals surface area contributed by atoms with Crippen LogP contribution in [0.1, 0.15) is 48.8 Å². The Kier molecular flexibility index (Phi) is 3.19. The summed E-state index contributed by atoms with van der Waals surface area (Å²) in [7, 11) is 0. The first-order valence-electron chi connectivity index (χ1n) is 7.91. The molecule has 21 heavy (non-hydrogen) atoms. The molecule has 0 atom stereocenters. The highest BCUT2D eigenvalue weighted by molar-refractivity contribution is 7.80. The fourth-order valence-corrected chi connectivity index (χ4v) is 4.34. The van der Waals surface area contributed by atoms with Crippen LogP contribution in [0.25, 0.3) is 11.6 Å². The fraction of sp³-hybridized carbons (Fsp3) is 0.300. The van der Waals surface area contributed by atoms with Crippen LogP contribution in [-0.2, 0) is 5.41 Å². The molecule has 2 aliphatic carbocycles. The van der Waals surface area contributed by atoms with Gasteiger partial charge >= 0.3 is 0 Å². The topological polar surface area (TPSA) is 0 Å². The van der Waals surface area contributed by atoms with Gasteiger partial charge in [-0.25, -0.2) is 0 Å². The molecule has 0 N–H and O–H groups in total. The van der Waals surface area contributed by atoms with E-state index in [4.69, 9.17) is 0 Å². The lowest BCUT2D eigenvalue weighted by Gasteiger charge is -2.38. The maximum Gasteiger partial charge on any atom is 0.0215 e. The smallest absolute Gasteiger partial charge is 0.0215 e. The van der Waals surface area contributed by atoms with E-state index in [0.29, 0.717) is 0 Å². The van der Waals surface area contributed by atoms with Crippen molar-refractivity contribution >= 4 is 24.3 Å². The van der Waals surface area contributed by atoms with E-state index in [0.717, 1.165) is 4.90 Å². The Morgan fingerprint density at radius 1 is 0.810 bits per heavy atom. The minimum Gasteiger partial charge on any atom is -0.143 e. The summed E-state index contributed by atoms with van der Waals surface area (Å²) in [6.45, 7) is 0. The molecule has 1 fully saturated rings. The number of rotatable bonds is 1. The van der Waals surface area contributed by atoms with Crippen LogP contribution in [0.5, 0.6) is 0 Å². The van der Waals surface area contributed by atoms with Gasteiger partial charge in [-0.05, 0) is 53.3 Å². The van der Waals surface area contributed by atoms with E-state index < -0.39 is 0 Å². The van der Waals surface area contributed by atoms with Crippen molar-refractivity contribution in [1.82, 2.24) is 0 Å². The highest BCUT2D eigenvalue weighted by Gasteiger charge is 2.42. The Bertz CT molecular complexity index is 688. The van der Waals surface area contributed by atoms with Gasteiger partial charge in [0.25, 0.3) is 0 Å².